The molecule has 0 aliphatic carbocycles. The molecule has 9 nitrogen and oxygen atoms in total. The van der Waals surface area contributed by atoms with Crippen LogP contribution in [0.25, 0.3) is 0 Å². The fraction of sp³-hybridized carbons (Fsp3) is 0.867. The number of aliphatic hydroxyl groups excluding tert-OH is 4. The van der Waals surface area contributed by atoms with E-state index in [1.54, 1.807) is 13.3 Å². The summed E-state index contributed by atoms with van der Waals surface area (Å²) in [6.45, 7) is 2.48. The normalized spacial score (nSPS) is 41.7. The predicted octanol–water partition coefficient (Wildman–Crippen LogP) is -2.45. The first-order valence-electron chi connectivity index (χ1n) is 7.99. The van der Waals surface area contributed by atoms with E-state index in [2.05, 4.69) is 5.32 Å². The number of amides is 1. The first kappa shape index (κ1) is 23.3. The van der Waals surface area contributed by atoms with Crippen molar-refractivity contribution in [2.75, 3.05) is 19.8 Å². The summed E-state index contributed by atoms with van der Waals surface area (Å²) in [7, 11) is 0. The van der Waals surface area contributed by atoms with Gasteiger partial charge < -0.3 is 40.0 Å². The van der Waals surface area contributed by atoms with Gasteiger partial charge in [0.05, 0.1) is 31.5 Å². The van der Waals surface area contributed by atoms with Gasteiger partial charge in [-0.25, -0.2) is 0 Å². The number of ether oxygens (including phenoxy) is 3. The zero-order chi connectivity index (χ0) is 17.9. The third kappa shape index (κ3) is 5.61. The van der Waals surface area contributed by atoms with Crippen molar-refractivity contribution < 1.29 is 70.5 Å². The van der Waals surface area contributed by atoms with Gasteiger partial charge in [0.25, 0.3) is 0 Å². The number of carbonyl (C=O) groups excluding carboxylic acids is 1. The van der Waals surface area contributed by atoms with E-state index in [0.717, 1.165) is 0 Å². The average Bonchev–Trinajstić information content (AvgIpc) is 2.56. The largest absolute Gasteiger partial charge is 0.405 e. The summed E-state index contributed by atoms with van der Waals surface area (Å²) in [5.74, 6) is -0.850. The van der Waals surface area contributed by atoms with E-state index >= 15 is 0 Å². The van der Waals surface area contributed by atoms with Gasteiger partial charge >= 0.3 is 0 Å². The molecule has 2 heterocycles. The topological polar surface area (TPSA) is 138 Å². The van der Waals surface area contributed by atoms with Crippen LogP contribution in [0.3, 0.4) is 0 Å². The van der Waals surface area contributed by atoms with E-state index < -0.39 is 55.4 Å². The molecule has 10 heteroatoms. The molecule has 0 radical (unpaired) electrons. The molecule has 25 heavy (non-hydrogen) atoms. The number of hydrogen-bond acceptors (Lipinski definition) is 8. The molecule has 0 spiro atoms. The molecule has 2 aliphatic rings. The molecule has 144 valence electrons. The molecule has 8 atom stereocenters. The minimum atomic E-state index is -1.21. The van der Waals surface area contributed by atoms with E-state index in [1.807, 2.05) is 0 Å². The van der Waals surface area contributed by atoms with Crippen LogP contribution in [0.5, 0.6) is 0 Å². The summed E-state index contributed by atoms with van der Waals surface area (Å²) in [6.07, 6.45) is -3.74. The van der Waals surface area contributed by atoms with Crippen molar-refractivity contribution in [2.24, 2.45) is 5.92 Å². The van der Waals surface area contributed by atoms with Crippen molar-refractivity contribution in [3.63, 3.8) is 0 Å². The van der Waals surface area contributed by atoms with E-state index in [0.29, 0.717) is 0 Å². The second-order valence-electron chi connectivity index (χ2n) is 6.18. The molecule has 0 aromatic rings. The Bertz CT molecular complexity index is 426. The van der Waals surface area contributed by atoms with Gasteiger partial charge in [-0.3, -0.25) is 11.2 Å². The minimum absolute atomic E-state index is 0. The number of rotatable bonds is 5. The number of nitrogens with one attached hydrogen (secondary N) is 1. The molecule has 0 aromatic carbocycles. The standard InChI is InChI=1S/C15H26NO8.U/c1-7-13(20)14(21)11(6-18)24-15(7)23-9-3-4-22-10(5-17)12(9)16-8(2)19;/h3,7,9-15,17-18,20-21H,4-6H2,1-2H3,(H,16,19);/q-1;/t7?,9-,10?,11?,12-,13-,14+,15-;/m1./s1. The zero-order valence-electron chi connectivity index (χ0n) is 14.2. The molecule has 2 saturated heterocycles. The second kappa shape index (κ2) is 10.5. The van der Waals surface area contributed by atoms with E-state index in [9.17, 15) is 25.2 Å². The number of carbonyl (C=O) groups is 1. The average molecular weight is 586 g/mol. The van der Waals surface area contributed by atoms with E-state index in [1.165, 1.54) is 6.92 Å². The molecule has 1 amide bonds. The molecule has 0 bridgehead atoms. The van der Waals surface area contributed by atoms with Gasteiger partial charge in [0.2, 0.25) is 5.91 Å². The first-order valence-corrected chi connectivity index (χ1v) is 7.99. The second-order valence-corrected chi connectivity index (χ2v) is 6.18. The van der Waals surface area contributed by atoms with Crippen LogP contribution >= 0.6 is 0 Å². The predicted molar refractivity (Wildman–Crippen MR) is 80.5 cm³/mol. The van der Waals surface area contributed by atoms with Crippen molar-refractivity contribution in [3.8, 4) is 0 Å². The Kier molecular flexibility index (Phi) is 9.82. The van der Waals surface area contributed by atoms with E-state index in [-0.39, 0.29) is 50.2 Å². The first-order chi connectivity index (χ1) is 11.4. The SMILES string of the molecule is CC(=O)N[C@H]1C(CO)OC[CH-][C@H]1O[C@@H]1OC(CO)[C@H](O)[C@H](O)C1C.[U]. The molecular formula is C15H26NO8U-. The Labute approximate surface area is 170 Å². The zero-order valence-corrected chi connectivity index (χ0v) is 18.4. The van der Waals surface area contributed by atoms with Crippen molar-refractivity contribution in [1.82, 2.24) is 5.32 Å². The summed E-state index contributed by atoms with van der Waals surface area (Å²) >= 11 is 0. The monoisotopic (exact) mass is 586 g/mol. The summed E-state index contributed by atoms with van der Waals surface area (Å²) in [4.78, 5) is 11.4. The van der Waals surface area contributed by atoms with Gasteiger partial charge in [-0.1, -0.05) is 13.5 Å². The van der Waals surface area contributed by atoms with Crippen LogP contribution < -0.4 is 5.32 Å². The molecule has 5 N–H and O–H groups in total. The Hall–Kier alpha value is 0.242. The quantitative estimate of drug-likeness (QED) is 0.224. The van der Waals surface area contributed by atoms with Gasteiger partial charge in [-0.2, -0.15) is 0 Å². The summed E-state index contributed by atoms with van der Waals surface area (Å²) in [5.41, 5.74) is 0. The molecule has 0 aromatic heterocycles. The maximum absolute atomic E-state index is 11.4. The van der Waals surface area contributed by atoms with Gasteiger partial charge in [0.1, 0.15) is 12.2 Å². The Morgan fingerprint density at radius 1 is 1.24 bits per heavy atom. The van der Waals surface area contributed by atoms with Gasteiger partial charge in [0.15, 0.2) is 6.29 Å². The maximum atomic E-state index is 11.4. The van der Waals surface area contributed by atoms with Crippen LogP contribution in [0.2, 0.25) is 0 Å². The van der Waals surface area contributed by atoms with Gasteiger partial charge in [-0.05, 0) is 6.10 Å². The molecule has 2 rings (SSSR count). The van der Waals surface area contributed by atoms with Crippen molar-refractivity contribution >= 4 is 5.91 Å². The smallest absolute Gasteiger partial charge is 0.217 e. The van der Waals surface area contributed by atoms with Crippen molar-refractivity contribution in [2.45, 2.75) is 56.7 Å². The van der Waals surface area contributed by atoms with Crippen LogP contribution in [0.15, 0.2) is 0 Å². The van der Waals surface area contributed by atoms with Crippen LogP contribution in [0.4, 0.5) is 0 Å². The summed E-state index contributed by atoms with van der Waals surface area (Å²) in [5, 5.41) is 41.3. The fourth-order valence-corrected chi connectivity index (χ4v) is 2.98. The third-order valence-electron chi connectivity index (χ3n) is 4.42. The number of aliphatic hydroxyl groups is 4. The minimum Gasteiger partial charge on any atom is -0.405 e. The fourth-order valence-electron chi connectivity index (χ4n) is 2.98. The van der Waals surface area contributed by atoms with Crippen molar-refractivity contribution in [3.05, 3.63) is 6.42 Å². The number of hydrogen-bond donors (Lipinski definition) is 5. The van der Waals surface area contributed by atoms with Crippen LogP contribution in [-0.4, -0.2) is 89.0 Å². The Balaban J connectivity index is 0.00000312. The van der Waals surface area contributed by atoms with Crippen LogP contribution in [0, 0.1) is 43.5 Å². The molecule has 2 aliphatic heterocycles. The van der Waals surface area contributed by atoms with Gasteiger partial charge in [-0.15, -0.1) is 0 Å². The Morgan fingerprint density at radius 3 is 2.44 bits per heavy atom. The Morgan fingerprint density at radius 2 is 1.88 bits per heavy atom. The third-order valence-corrected chi connectivity index (χ3v) is 4.42. The summed E-state index contributed by atoms with van der Waals surface area (Å²) in [6, 6.07) is -0.617. The van der Waals surface area contributed by atoms with Crippen LogP contribution in [0.1, 0.15) is 13.8 Å². The van der Waals surface area contributed by atoms with Crippen molar-refractivity contribution in [1.29, 1.82) is 0 Å². The van der Waals surface area contributed by atoms with Gasteiger partial charge in [0, 0.05) is 44.0 Å². The maximum Gasteiger partial charge on any atom is 0.217 e. The molecule has 0 saturated carbocycles. The summed E-state index contributed by atoms with van der Waals surface area (Å²) < 4.78 is 16.8. The van der Waals surface area contributed by atoms with E-state index in [4.69, 9.17) is 14.2 Å². The molecular weight excluding hydrogens is 560 g/mol. The van der Waals surface area contributed by atoms with Crippen LogP contribution in [-0.2, 0) is 19.0 Å². The molecule has 2 fully saturated rings. The molecule has 3 unspecified atom stereocenters.